The van der Waals surface area contributed by atoms with Crippen LogP contribution in [0.2, 0.25) is 5.15 Å². The van der Waals surface area contributed by atoms with E-state index >= 15 is 0 Å². The number of halogens is 1. The number of aldehydes is 1. The Morgan fingerprint density at radius 3 is 2.56 bits per heavy atom. The number of methoxy groups -OCH3 is 2. The molecule has 94 valence electrons. The third-order valence-corrected chi connectivity index (χ3v) is 3.15. The van der Waals surface area contributed by atoms with Crippen molar-refractivity contribution in [1.82, 2.24) is 4.98 Å². The maximum Gasteiger partial charge on any atom is 0.153 e. The fraction of sp³-hybridized carbons (Fsp3) is 0.231. The van der Waals surface area contributed by atoms with Crippen LogP contribution in [0.1, 0.15) is 15.9 Å². The van der Waals surface area contributed by atoms with Gasteiger partial charge in [0, 0.05) is 11.5 Å². The van der Waals surface area contributed by atoms with E-state index in [4.69, 9.17) is 21.1 Å². The fourth-order valence-corrected chi connectivity index (χ4v) is 2.12. The van der Waals surface area contributed by atoms with Crippen molar-refractivity contribution < 1.29 is 14.3 Å². The number of carbonyl (C=O) groups is 1. The quantitative estimate of drug-likeness (QED) is 0.632. The van der Waals surface area contributed by atoms with Crippen LogP contribution in [0, 0.1) is 6.92 Å². The van der Waals surface area contributed by atoms with Crippen LogP contribution in [-0.2, 0) is 0 Å². The minimum atomic E-state index is 0.179. The van der Waals surface area contributed by atoms with Crippen molar-refractivity contribution in [2.75, 3.05) is 14.2 Å². The number of fused-ring (bicyclic) bond motifs is 1. The molecule has 4 nitrogen and oxygen atoms in total. The zero-order valence-electron chi connectivity index (χ0n) is 10.3. The van der Waals surface area contributed by atoms with Gasteiger partial charge in [-0.25, -0.2) is 4.98 Å². The zero-order valence-corrected chi connectivity index (χ0v) is 11.0. The number of aryl methyl sites for hydroxylation is 1. The standard InChI is InChI=1S/C13H12ClNO3/c1-7-9-4-8(17-2)5-11(18-3)12(9)15-13(14)10(7)6-16/h4-6H,1-3H3. The van der Waals surface area contributed by atoms with Gasteiger partial charge in [-0.05, 0) is 18.6 Å². The van der Waals surface area contributed by atoms with Gasteiger partial charge >= 0.3 is 0 Å². The molecule has 0 saturated carbocycles. The number of nitrogens with zero attached hydrogens (tertiary/aromatic N) is 1. The molecule has 5 heteroatoms. The maximum atomic E-state index is 11.0. The van der Waals surface area contributed by atoms with Gasteiger partial charge < -0.3 is 9.47 Å². The van der Waals surface area contributed by atoms with Crippen molar-refractivity contribution in [2.24, 2.45) is 0 Å². The van der Waals surface area contributed by atoms with E-state index < -0.39 is 0 Å². The smallest absolute Gasteiger partial charge is 0.153 e. The first kappa shape index (κ1) is 12.6. The lowest BCUT2D eigenvalue weighted by atomic mass is 10.0. The molecule has 1 aromatic heterocycles. The molecule has 0 bridgehead atoms. The normalized spacial score (nSPS) is 10.4. The van der Waals surface area contributed by atoms with Crippen LogP contribution >= 0.6 is 11.6 Å². The molecule has 0 saturated heterocycles. The van der Waals surface area contributed by atoms with Gasteiger partial charge in [-0.1, -0.05) is 11.6 Å². The van der Waals surface area contributed by atoms with Crippen LogP contribution in [0.25, 0.3) is 10.9 Å². The average Bonchev–Trinajstić information content (AvgIpc) is 2.38. The highest BCUT2D eigenvalue weighted by Crippen LogP contribution is 2.34. The first-order chi connectivity index (χ1) is 8.62. The summed E-state index contributed by atoms with van der Waals surface area (Å²) < 4.78 is 10.5. The molecule has 1 aromatic carbocycles. The van der Waals surface area contributed by atoms with Crippen LogP contribution in [0.5, 0.6) is 11.5 Å². The van der Waals surface area contributed by atoms with E-state index in [-0.39, 0.29) is 5.15 Å². The number of hydrogen-bond donors (Lipinski definition) is 0. The molecule has 0 unspecified atom stereocenters. The van der Waals surface area contributed by atoms with Gasteiger partial charge in [0.15, 0.2) is 6.29 Å². The topological polar surface area (TPSA) is 48.4 Å². The summed E-state index contributed by atoms with van der Waals surface area (Å²) in [5.74, 6) is 1.20. The molecule has 0 aliphatic rings. The Morgan fingerprint density at radius 1 is 1.28 bits per heavy atom. The van der Waals surface area contributed by atoms with Crippen LogP contribution in [0.15, 0.2) is 12.1 Å². The third kappa shape index (κ3) is 1.88. The number of benzene rings is 1. The molecule has 2 aromatic rings. The highest BCUT2D eigenvalue weighted by Gasteiger charge is 2.14. The predicted octanol–water partition coefficient (Wildman–Crippen LogP) is 3.03. The van der Waals surface area contributed by atoms with Gasteiger partial charge in [-0.15, -0.1) is 0 Å². The molecule has 0 amide bonds. The minimum Gasteiger partial charge on any atom is -0.497 e. The summed E-state index contributed by atoms with van der Waals surface area (Å²) in [6, 6.07) is 3.54. The van der Waals surface area contributed by atoms with Gasteiger partial charge in [0.05, 0.1) is 19.8 Å². The molecule has 0 aliphatic heterocycles. The molecule has 0 atom stereocenters. The fourth-order valence-electron chi connectivity index (χ4n) is 1.85. The molecule has 0 N–H and O–H groups in total. The first-order valence-corrected chi connectivity index (χ1v) is 5.67. The number of carbonyl (C=O) groups excluding carboxylic acids is 1. The lowest BCUT2D eigenvalue weighted by molar-refractivity contribution is 0.112. The molecule has 1 heterocycles. The summed E-state index contributed by atoms with van der Waals surface area (Å²) in [7, 11) is 3.12. The Morgan fingerprint density at radius 2 is 2.00 bits per heavy atom. The van der Waals surface area contributed by atoms with Crippen LogP contribution < -0.4 is 9.47 Å². The van der Waals surface area contributed by atoms with Gasteiger partial charge in [0.25, 0.3) is 0 Å². The Bertz CT molecular complexity index is 625. The Kier molecular flexibility index (Phi) is 3.39. The van der Waals surface area contributed by atoms with Crippen molar-refractivity contribution >= 4 is 28.8 Å². The predicted molar refractivity (Wildman–Crippen MR) is 70.0 cm³/mol. The summed E-state index contributed by atoms with van der Waals surface area (Å²) in [4.78, 5) is 15.2. The molecule has 0 spiro atoms. The van der Waals surface area contributed by atoms with E-state index in [2.05, 4.69) is 4.98 Å². The van der Waals surface area contributed by atoms with Crippen molar-refractivity contribution in [2.45, 2.75) is 6.92 Å². The Labute approximate surface area is 109 Å². The second kappa shape index (κ2) is 4.82. The van der Waals surface area contributed by atoms with Crippen molar-refractivity contribution in [3.05, 3.63) is 28.4 Å². The largest absolute Gasteiger partial charge is 0.497 e. The number of pyridine rings is 1. The van der Waals surface area contributed by atoms with Crippen molar-refractivity contribution in [3.63, 3.8) is 0 Å². The van der Waals surface area contributed by atoms with Gasteiger partial charge in [-0.2, -0.15) is 0 Å². The SMILES string of the molecule is COc1cc(OC)c2nc(Cl)c(C=O)c(C)c2c1. The maximum absolute atomic E-state index is 11.0. The number of aromatic nitrogens is 1. The van der Waals surface area contributed by atoms with Crippen LogP contribution in [0.3, 0.4) is 0 Å². The molecule has 0 fully saturated rings. The zero-order chi connectivity index (χ0) is 13.3. The van der Waals surface area contributed by atoms with Crippen LogP contribution in [-0.4, -0.2) is 25.5 Å². The first-order valence-electron chi connectivity index (χ1n) is 5.29. The molecular weight excluding hydrogens is 254 g/mol. The van der Waals surface area contributed by atoms with E-state index in [1.54, 1.807) is 20.3 Å². The highest BCUT2D eigenvalue weighted by molar-refractivity contribution is 6.32. The van der Waals surface area contributed by atoms with Crippen LogP contribution in [0.4, 0.5) is 0 Å². The third-order valence-electron chi connectivity index (χ3n) is 2.86. The van der Waals surface area contributed by atoms with Gasteiger partial charge in [-0.3, -0.25) is 4.79 Å². The molecule has 0 aliphatic carbocycles. The van der Waals surface area contributed by atoms with Gasteiger partial charge in [0.1, 0.15) is 22.2 Å². The number of rotatable bonds is 3. The minimum absolute atomic E-state index is 0.179. The second-order valence-electron chi connectivity index (χ2n) is 3.78. The summed E-state index contributed by atoms with van der Waals surface area (Å²) in [6.45, 7) is 1.82. The highest BCUT2D eigenvalue weighted by atomic mass is 35.5. The van der Waals surface area contributed by atoms with Gasteiger partial charge in [0.2, 0.25) is 0 Å². The number of hydrogen-bond acceptors (Lipinski definition) is 4. The Balaban J connectivity index is 2.91. The number of ether oxygens (including phenoxy) is 2. The lowest BCUT2D eigenvalue weighted by Gasteiger charge is -2.11. The van der Waals surface area contributed by atoms with E-state index in [1.807, 2.05) is 13.0 Å². The molecule has 0 radical (unpaired) electrons. The van der Waals surface area contributed by atoms with Crippen molar-refractivity contribution in [3.8, 4) is 11.5 Å². The monoisotopic (exact) mass is 265 g/mol. The summed E-state index contributed by atoms with van der Waals surface area (Å²) in [6.07, 6.45) is 0.704. The Hall–Kier alpha value is -1.81. The van der Waals surface area contributed by atoms with E-state index in [9.17, 15) is 4.79 Å². The summed E-state index contributed by atoms with van der Waals surface area (Å²) >= 11 is 5.98. The lowest BCUT2D eigenvalue weighted by Crippen LogP contribution is -1.97. The molecule has 18 heavy (non-hydrogen) atoms. The second-order valence-corrected chi connectivity index (χ2v) is 4.14. The summed E-state index contributed by atoms with van der Waals surface area (Å²) in [5, 5.41) is 0.969. The van der Waals surface area contributed by atoms with E-state index in [0.29, 0.717) is 28.9 Å². The van der Waals surface area contributed by atoms with E-state index in [1.165, 1.54) is 0 Å². The summed E-state index contributed by atoms with van der Waals surface area (Å²) in [5.41, 5.74) is 1.77. The molecule has 2 rings (SSSR count). The van der Waals surface area contributed by atoms with Crippen molar-refractivity contribution in [1.29, 1.82) is 0 Å². The average molecular weight is 266 g/mol. The molecular formula is C13H12ClNO3. The van der Waals surface area contributed by atoms with E-state index in [0.717, 1.165) is 10.9 Å².